The number of para-hydroxylation sites is 3. The molecule has 0 unspecified atom stereocenters. The maximum Gasteiger partial charge on any atom is 0.188 e. The lowest BCUT2D eigenvalue weighted by Gasteiger charge is -2.50. The molecule has 0 aliphatic carbocycles. The van der Waals surface area contributed by atoms with Gasteiger partial charge in [-0.1, -0.05) is 176 Å². The smallest absolute Gasteiger partial charge is 0.188 e. The van der Waals surface area contributed by atoms with Crippen molar-refractivity contribution in [1.82, 2.24) is 0 Å². The summed E-state index contributed by atoms with van der Waals surface area (Å²) in [6, 6.07) is 84.1. The quantitative estimate of drug-likeness (QED) is 0.162. The first-order valence-corrected chi connectivity index (χ1v) is 25.1. The molecular weight excluding hydrogens is 767 g/mol. The van der Waals surface area contributed by atoms with Crippen LogP contribution in [0.2, 0.25) is 0 Å². The molecule has 3 heterocycles. The Morgan fingerprint density at radius 3 is 1.53 bits per heavy atom. The summed E-state index contributed by atoms with van der Waals surface area (Å²) in [6.07, 6.45) is 0. The zero-order valence-corrected chi connectivity index (χ0v) is 34.9. The van der Waals surface area contributed by atoms with Gasteiger partial charge in [0.2, 0.25) is 0 Å². The van der Waals surface area contributed by atoms with E-state index in [0.29, 0.717) is 0 Å². The lowest BCUT2D eigenvalue weighted by atomic mass is 10.1. The second kappa shape index (κ2) is 13.4. The zero-order chi connectivity index (χ0) is 39.0. The molecule has 9 aromatic carbocycles. The minimum Gasteiger partial charge on any atom is -0.458 e. The fourth-order valence-corrected chi connectivity index (χ4v) is 23.9. The molecular formula is C54H37NOSSi2. The van der Waals surface area contributed by atoms with Gasteiger partial charge in [0.25, 0.3) is 0 Å². The van der Waals surface area contributed by atoms with E-state index in [0.717, 1.165) is 22.9 Å². The van der Waals surface area contributed by atoms with Crippen molar-refractivity contribution in [3.8, 4) is 11.5 Å². The van der Waals surface area contributed by atoms with Gasteiger partial charge in [-0.2, -0.15) is 0 Å². The molecule has 0 amide bonds. The van der Waals surface area contributed by atoms with E-state index in [4.69, 9.17) is 4.74 Å². The first kappa shape index (κ1) is 34.3. The van der Waals surface area contributed by atoms with Gasteiger partial charge in [0, 0.05) is 26.8 Å². The average molecular weight is 804 g/mol. The molecule has 0 atom stereocenters. The summed E-state index contributed by atoms with van der Waals surface area (Å²) in [6.45, 7) is 0. The molecule has 10 aromatic rings. The van der Waals surface area contributed by atoms with Gasteiger partial charge in [0.05, 0.1) is 10.4 Å². The maximum atomic E-state index is 6.89. The Labute approximate surface area is 349 Å². The topological polar surface area (TPSA) is 12.5 Å². The molecule has 0 bridgehead atoms. The van der Waals surface area contributed by atoms with Crippen LogP contribution < -0.4 is 51.1 Å². The highest BCUT2D eigenvalue weighted by molar-refractivity contribution is 7.33. The number of hydrogen-bond acceptors (Lipinski definition) is 3. The van der Waals surface area contributed by atoms with Crippen LogP contribution in [0.3, 0.4) is 0 Å². The summed E-state index contributed by atoms with van der Waals surface area (Å²) >= 11 is 1.88. The van der Waals surface area contributed by atoms with Crippen LogP contribution in [0.1, 0.15) is 0 Å². The number of nitrogens with zero attached hydrogens (tertiary/aromatic N) is 1. The van der Waals surface area contributed by atoms with Gasteiger partial charge in [0.15, 0.2) is 16.1 Å². The van der Waals surface area contributed by atoms with Crippen LogP contribution in [-0.4, -0.2) is 16.1 Å². The standard InChI is InChI=1S/C54H37NOSSi2/c1-4-19-38(20-5-1)55(44-27-18-26-43-42-25-10-13-30-47(42)57-54(43)44)39-35-36-52-53(37-39)59(48-31-14-11-28-45(48)56-46-29-12-15-32-49(46)59)51-34-17-16-33-50(51)58(52,40-21-6-2-7-22-40)41-23-8-3-9-24-41/h1-37H. The molecule has 2 nitrogen and oxygen atoms in total. The number of benzene rings is 9. The van der Waals surface area contributed by atoms with E-state index in [1.807, 2.05) is 11.3 Å². The third-order valence-electron chi connectivity index (χ3n) is 12.7. The molecule has 0 saturated heterocycles. The molecule has 12 rings (SSSR count). The molecule has 0 radical (unpaired) electrons. The fraction of sp³-hybridized carbons (Fsp3) is 0. The van der Waals surface area contributed by atoms with Crippen molar-refractivity contribution in [1.29, 1.82) is 0 Å². The van der Waals surface area contributed by atoms with E-state index in [2.05, 4.69) is 229 Å². The van der Waals surface area contributed by atoms with Crippen LogP contribution in [0.4, 0.5) is 17.1 Å². The lowest BCUT2D eigenvalue weighted by Crippen LogP contribution is -2.93. The minimum absolute atomic E-state index is 0.951. The highest BCUT2D eigenvalue weighted by Gasteiger charge is 2.59. The first-order valence-electron chi connectivity index (χ1n) is 20.3. The molecule has 278 valence electrons. The molecule has 2 aliphatic heterocycles. The van der Waals surface area contributed by atoms with Gasteiger partial charge in [-0.05, 0) is 90.0 Å². The largest absolute Gasteiger partial charge is 0.458 e. The SMILES string of the molecule is c1ccc(N(c2ccc3c(c2)[Si]2(c4ccccc4Oc4ccccc42)c2ccccc2[Si]3(c2ccccc2)c2ccccc2)c2cccc3c2sc2ccccc23)cc1. The van der Waals surface area contributed by atoms with Gasteiger partial charge in [-0.15, -0.1) is 11.3 Å². The molecule has 1 aromatic heterocycles. The molecule has 0 saturated carbocycles. The average Bonchev–Trinajstić information content (AvgIpc) is 3.70. The van der Waals surface area contributed by atoms with Gasteiger partial charge in [0.1, 0.15) is 11.5 Å². The molecule has 0 fully saturated rings. The summed E-state index contributed by atoms with van der Waals surface area (Å²) in [5.74, 6) is 1.90. The number of thiophene rings is 1. The number of anilines is 3. The highest BCUT2D eigenvalue weighted by atomic mass is 32.1. The summed E-state index contributed by atoms with van der Waals surface area (Å²) in [5.41, 5.74) is 3.47. The van der Waals surface area contributed by atoms with E-state index in [1.165, 1.54) is 67.4 Å². The molecule has 1 spiro atoms. The molecule has 59 heavy (non-hydrogen) atoms. The highest BCUT2D eigenvalue weighted by Crippen LogP contribution is 2.44. The van der Waals surface area contributed by atoms with Crippen molar-refractivity contribution in [2.75, 3.05) is 4.90 Å². The van der Waals surface area contributed by atoms with Crippen molar-refractivity contribution in [2.24, 2.45) is 0 Å². The van der Waals surface area contributed by atoms with E-state index < -0.39 is 16.1 Å². The normalized spacial score (nSPS) is 14.2. The predicted octanol–water partition coefficient (Wildman–Crippen LogP) is 8.70. The summed E-state index contributed by atoms with van der Waals surface area (Å²) in [5, 5.41) is 13.7. The van der Waals surface area contributed by atoms with Gasteiger partial charge < -0.3 is 9.64 Å². The van der Waals surface area contributed by atoms with Gasteiger partial charge >= 0.3 is 0 Å². The lowest BCUT2D eigenvalue weighted by molar-refractivity contribution is 0.487. The number of rotatable bonds is 5. The monoisotopic (exact) mass is 803 g/mol. The van der Waals surface area contributed by atoms with E-state index in [1.54, 1.807) is 0 Å². The molecule has 5 heteroatoms. The van der Waals surface area contributed by atoms with Crippen LogP contribution in [0, 0.1) is 0 Å². The van der Waals surface area contributed by atoms with Crippen LogP contribution in [-0.2, 0) is 0 Å². The second-order valence-electron chi connectivity index (χ2n) is 15.5. The number of hydrogen-bond donors (Lipinski definition) is 0. The third kappa shape index (κ3) is 4.84. The van der Waals surface area contributed by atoms with E-state index >= 15 is 0 Å². The Balaban J connectivity index is 1.26. The van der Waals surface area contributed by atoms with Crippen LogP contribution in [0.5, 0.6) is 11.5 Å². The number of ether oxygens (including phenoxy) is 1. The predicted molar refractivity (Wildman–Crippen MR) is 255 cm³/mol. The maximum absolute atomic E-state index is 6.89. The van der Waals surface area contributed by atoms with E-state index in [9.17, 15) is 0 Å². The first-order chi connectivity index (χ1) is 29.3. The van der Waals surface area contributed by atoms with Crippen molar-refractivity contribution in [3.63, 3.8) is 0 Å². The Morgan fingerprint density at radius 1 is 0.356 bits per heavy atom. The zero-order valence-electron chi connectivity index (χ0n) is 32.1. The summed E-state index contributed by atoms with van der Waals surface area (Å²) in [7, 11) is -6.01. The Hall–Kier alpha value is -6.77. The van der Waals surface area contributed by atoms with Crippen molar-refractivity contribution in [3.05, 3.63) is 224 Å². The van der Waals surface area contributed by atoms with Crippen molar-refractivity contribution in [2.45, 2.75) is 0 Å². The molecule has 2 aliphatic rings. The summed E-state index contributed by atoms with van der Waals surface area (Å²) in [4.78, 5) is 2.51. The third-order valence-corrected chi connectivity index (χ3v) is 24.2. The van der Waals surface area contributed by atoms with Crippen molar-refractivity contribution >= 4 is 106 Å². The summed E-state index contributed by atoms with van der Waals surface area (Å²) < 4.78 is 9.47. The van der Waals surface area contributed by atoms with E-state index in [-0.39, 0.29) is 0 Å². The van der Waals surface area contributed by atoms with Crippen LogP contribution in [0.15, 0.2) is 224 Å². The van der Waals surface area contributed by atoms with Gasteiger partial charge in [-0.25, -0.2) is 0 Å². The molecule has 0 N–H and O–H groups in total. The fourth-order valence-electron chi connectivity index (χ4n) is 10.4. The van der Waals surface area contributed by atoms with Crippen LogP contribution in [0.25, 0.3) is 20.2 Å². The second-order valence-corrected chi connectivity index (χ2v) is 24.0. The van der Waals surface area contributed by atoms with Gasteiger partial charge in [-0.3, -0.25) is 0 Å². The number of fused-ring (bicyclic) bond motifs is 11. The van der Waals surface area contributed by atoms with Crippen molar-refractivity contribution < 1.29 is 4.74 Å². The Kier molecular flexibility index (Phi) is 7.79. The minimum atomic E-state index is -3.08. The Bertz CT molecular complexity index is 3130. The van der Waals surface area contributed by atoms with Crippen LogP contribution >= 0.6 is 11.3 Å². The Morgan fingerprint density at radius 2 is 0.864 bits per heavy atom.